The van der Waals surface area contributed by atoms with E-state index in [9.17, 15) is 4.79 Å². The average Bonchev–Trinajstić information content (AvgIpc) is 2.96. The first-order valence-corrected chi connectivity index (χ1v) is 6.12. The summed E-state index contributed by atoms with van der Waals surface area (Å²) in [6, 6.07) is 6.11. The number of rotatable bonds is 2. The Bertz CT molecular complexity index is 426. The predicted octanol–water partition coefficient (Wildman–Crippen LogP) is 2.75. The van der Waals surface area contributed by atoms with Crippen LogP contribution in [0, 0.1) is 5.92 Å². The molecule has 0 N–H and O–H groups in total. The minimum absolute atomic E-state index is 0.259. The van der Waals surface area contributed by atoms with Crippen molar-refractivity contribution in [1.82, 2.24) is 0 Å². The zero-order valence-electron chi connectivity index (χ0n) is 8.37. The number of anilines is 1. The number of carbonyl (C=O) groups is 1. The van der Waals surface area contributed by atoms with Gasteiger partial charge < -0.3 is 4.90 Å². The summed E-state index contributed by atoms with van der Waals surface area (Å²) in [5, 5.41) is 0. The highest BCUT2D eigenvalue weighted by Crippen LogP contribution is 2.36. The smallest absolute Gasteiger partial charge is 0.231 e. The van der Waals surface area contributed by atoms with Gasteiger partial charge in [0, 0.05) is 16.7 Å². The molecule has 0 aromatic heterocycles. The summed E-state index contributed by atoms with van der Waals surface area (Å²) in [7, 11) is 0. The molecule has 78 valence electrons. The normalized spacial score (nSPS) is 19.5. The van der Waals surface area contributed by atoms with Crippen molar-refractivity contribution in [3.05, 3.63) is 28.2 Å². The second kappa shape index (κ2) is 3.34. The number of halogens is 1. The summed E-state index contributed by atoms with van der Waals surface area (Å²) in [6.45, 7) is 0.919. The minimum atomic E-state index is 0.259. The molecule has 1 saturated carbocycles. The van der Waals surface area contributed by atoms with Gasteiger partial charge >= 0.3 is 0 Å². The molecule has 1 fully saturated rings. The average molecular weight is 266 g/mol. The first-order chi connectivity index (χ1) is 7.24. The minimum Gasteiger partial charge on any atom is -0.312 e. The van der Waals surface area contributed by atoms with Crippen molar-refractivity contribution in [2.24, 2.45) is 5.92 Å². The number of amides is 1. The summed E-state index contributed by atoms with van der Waals surface area (Å²) in [5.74, 6) is 1.01. The molecule has 2 nitrogen and oxygen atoms in total. The molecular formula is C12H12BrNO. The predicted molar refractivity (Wildman–Crippen MR) is 62.9 cm³/mol. The standard InChI is InChI=1S/C12H12BrNO/c13-10-4-3-9-5-12(15)14(11(9)6-10)7-8-1-2-8/h3-4,6,8H,1-2,5,7H2. The van der Waals surface area contributed by atoms with Gasteiger partial charge in [0.15, 0.2) is 0 Å². The van der Waals surface area contributed by atoms with Crippen LogP contribution in [0.3, 0.4) is 0 Å². The van der Waals surface area contributed by atoms with Crippen LogP contribution in [0.25, 0.3) is 0 Å². The largest absolute Gasteiger partial charge is 0.312 e. The first kappa shape index (κ1) is 9.40. The zero-order chi connectivity index (χ0) is 10.4. The monoisotopic (exact) mass is 265 g/mol. The highest BCUT2D eigenvalue weighted by molar-refractivity contribution is 9.10. The quantitative estimate of drug-likeness (QED) is 0.806. The molecule has 0 radical (unpaired) electrons. The molecule has 3 heteroatoms. The summed E-state index contributed by atoms with van der Waals surface area (Å²) in [6.07, 6.45) is 3.15. The van der Waals surface area contributed by atoms with Gasteiger partial charge in [0.05, 0.1) is 6.42 Å². The summed E-state index contributed by atoms with van der Waals surface area (Å²) >= 11 is 3.46. The Morgan fingerprint density at radius 3 is 2.93 bits per heavy atom. The molecule has 0 bridgehead atoms. The van der Waals surface area contributed by atoms with Gasteiger partial charge in [-0.15, -0.1) is 0 Å². The lowest BCUT2D eigenvalue weighted by molar-refractivity contribution is -0.117. The van der Waals surface area contributed by atoms with Crippen LogP contribution in [0.15, 0.2) is 22.7 Å². The van der Waals surface area contributed by atoms with Crippen LogP contribution in [0.1, 0.15) is 18.4 Å². The van der Waals surface area contributed by atoms with Crippen LogP contribution < -0.4 is 4.90 Å². The highest BCUT2D eigenvalue weighted by atomic mass is 79.9. The van der Waals surface area contributed by atoms with Crippen LogP contribution in [0.2, 0.25) is 0 Å². The third-order valence-corrected chi connectivity index (χ3v) is 3.61. The van der Waals surface area contributed by atoms with E-state index < -0.39 is 0 Å². The van der Waals surface area contributed by atoms with E-state index in [0.717, 1.165) is 22.6 Å². The maximum absolute atomic E-state index is 11.8. The lowest BCUT2D eigenvalue weighted by Crippen LogP contribution is -2.28. The number of hydrogen-bond donors (Lipinski definition) is 0. The van der Waals surface area contributed by atoms with Crippen molar-refractivity contribution in [2.45, 2.75) is 19.3 Å². The van der Waals surface area contributed by atoms with Crippen molar-refractivity contribution in [3.63, 3.8) is 0 Å². The molecule has 3 rings (SSSR count). The number of hydrogen-bond acceptors (Lipinski definition) is 1. The number of carbonyl (C=O) groups excluding carboxylic acids is 1. The van der Waals surface area contributed by atoms with Gasteiger partial charge in [-0.05, 0) is 36.5 Å². The van der Waals surface area contributed by atoms with Crippen molar-refractivity contribution in [2.75, 3.05) is 11.4 Å². The van der Waals surface area contributed by atoms with Gasteiger partial charge in [0.2, 0.25) is 5.91 Å². The first-order valence-electron chi connectivity index (χ1n) is 5.33. The molecule has 1 aromatic carbocycles. The Balaban J connectivity index is 1.95. The second-order valence-corrected chi connectivity index (χ2v) is 5.31. The van der Waals surface area contributed by atoms with E-state index in [2.05, 4.69) is 22.0 Å². The van der Waals surface area contributed by atoms with Crippen LogP contribution in [0.5, 0.6) is 0 Å². The highest BCUT2D eigenvalue weighted by Gasteiger charge is 2.32. The molecule has 2 aliphatic rings. The fourth-order valence-corrected chi connectivity index (χ4v) is 2.44. The molecular weight excluding hydrogens is 254 g/mol. The van der Waals surface area contributed by atoms with Crippen LogP contribution in [0.4, 0.5) is 5.69 Å². The van der Waals surface area contributed by atoms with Crippen molar-refractivity contribution in [1.29, 1.82) is 0 Å². The van der Waals surface area contributed by atoms with Crippen molar-refractivity contribution in [3.8, 4) is 0 Å². The Kier molecular flexibility index (Phi) is 2.09. The van der Waals surface area contributed by atoms with Gasteiger partial charge in [-0.3, -0.25) is 4.79 Å². The van der Waals surface area contributed by atoms with Crippen LogP contribution in [-0.2, 0) is 11.2 Å². The van der Waals surface area contributed by atoms with Gasteiger partial charge in [-0.2, -0.15) is 0 Å². The van der Waals surface area contributed by atoms with E-state index in [4.69, 9.17) is 0 Å². The lowest BCUT2D eigenvalue weighted by Gasteiger charge is -2.17. The van der Waals surface area contributed by atoms with Gasteiger partial charge in [0.1, 0.15) is 0 Å². The van der Waals surface area contributed by atoms with Gasteiger partial charge in [-0.25, -0.2) is 0 Å². The Morgan fingerprint density at radius 2 is 2.20 bits per heavy atom. The van der Waals surface area contributed by atoms with E-state index in [0.29, 0.717) is 6.42 Å². The van der Waals surface area contributed by atoms with Crippen LogP contribution >= 0.6 is 15.9 Å². The van der Waals surface area contributed by atoms with Gasteiger partial charge in [-0.1, -0.05) is 22.0 Å². The fraction of sp³-hybridized carbons (Fsp3) is 0.417. The van der Waals surface area contributed by atoms with E-state index in [1.807, 2.05) is 17.0 Å². The number of benzene rings is 1. The molecule has 1 amide bonds. The number of fused-ring (bicyclic) bond motifs is 1. The van der Waals surface area contributed by atoms with E-state index in [-0.39, 0.29) is 5.91 Å². The number of nitrogens with zero attached hydrogens (tertiary/aromatic N) is 1. The molecule has 0 unspecified atom stereocenters. The maximum atomic E-state index is 11.8. The molecule has 1 aliphatic carbocycles. The molecule has 0 saturated heterocycles. The van der Waals surface area contributed by atoms with E-state index in [1.54, 1.807) is 0 Å². The zero-order valence-corrected chi connectivity index (χ0v) is 9.96. The van der Waals surface area contributed by atoms with Crippen molar-refractivity contribution >= 4 is 27.5 Å². The van der Waals surface area contributed by atoms with Crippen molar-refractivity contribution < 1.29 is 4.79 Å². The molecule has 0 spiro atoms. The molecule has 1 aromatic rings. The Labute approximate surface area is 97.4 Å². The molecule has 15 heavy (non-hydrogen) atoms. The third-order valence-electron chi connectivity index (χ3n) is 3.12. The van der Waals surface area contributed by atoms with E-state index in [1.165, 1.54) is 18.4 Å². The topological polar surface area (TPSA) is 20.3 Å². The maximum Gasteiger partial charge on any atom is 0.231 e. The van der Waals surface area contributed by atoms with Gasteiger partial charge in [0.25, 0.3) is 0 Å². The molecule has 0 atom stereocenters. The lowest BCUT2D eigenvalue weighted by atomic mass is 10.2. The third kappa shape index (κ3) is 1.69. The molecule has 1 heterocycles. The Hall–Kier alpha value is -0.830. The van der Waals surface area contributed by atoms with Crippen LogP contribution in [-0.4, -0.2) is 12.5 Å². The summed E-state index contributed by atoms with van der Waals surface area (Å²) in [4.78, 5) is 13.8. The summed E-state index contributed by atoms with van der Waals surface area (Å²) < 4.78 is 1.05. The SMILES string of the molecule is O=C1Cc2ccc(Br)cc2N1CC1CC1. The Morgan fingerprint density at radius 1 is 1.40 bits per heavy atom. The summed E-state index contributed by atoms with van der Waals surface area (Å²) in [5.41, 5.74) is 2.28. The fourth-order valence-electron chi connectivity index (χ4n) is 2.09. The second-order valence-electron chi connectivity index (χ2n) is 4.40. The van der Waals surface area contributed by atoms with E-state index >= 15 is 0 Å². The molecule has 1 aliphatic heterocycles.